The van der Waals surface area contributed by atoms with Crippen molar-refractivity contribution >= 4 is 0 Å². The highest BCUT2D eigenvalue weighted by Gasteiger charge is 2.30. The Kier molecular flexibility index (Phi) is 2.71. The van der Waals surface area contributed by atoms with Crippen LogP contribution in [0.15, 0.2) is 24.4 Å². The lowest BCUT2D eigenvalue weighted by atomic mass is 10.1. The standard InChI is InChI=1S/C15H19N3/c1-10-5-11(2)7-14(6-10)18-15(12-3-4-12)13(8-16)9-17-18/h5-7,9,12H,3-4,8,16H2,1-2H3. The van der Waals surface area contributed by atoms with Gasteiger partial charge in [-0.1, -0.05) is 6.07 Å². The predicted molar refractivity (Wildman–Crippen MR) is 72.9 cm³/mol. The van der Waals surface area contributed by atoms with Crippen molar-refractivity contribution in [1.29, 1.82) is 0 Å². The molecule has 1 heterocycles. The number of hydrogen-bond donors (Lipinski definition) is 1. The molecule has 0 aliphatic heterocycles. The molecule has 0 radical (unpaired) electrons. The maximum atomic E-state index is 5.81. The molecule has 3 heteroatoms. The van der Waals surface area contributed by atoms with Crippen molar-refractivity contribution in [3.05, 3.63) is 46.8 Å². The summed E-state index contributed by atoms with van der Waals surface area (Å²) in [6.45, 7) is 4.83. The van der Waals surface area contributed by atoms with Crippen LogP contribution in [0.25, 0.3) is 5.69 Å². The minimum Gasteiger partial charge on any atom is -0.326 e. The smallest absolute Gasteiger partial charge is 0.0654 e. The van der Waals surface area contributed by atoms with Crippen LogP contribution in [0.1, 0.15) is 41.1 Å². The van der Waals surface area contributed by atoms with E-state index in [2.05, 4.69) is 41.8 Å². The van der Waals surface area contributed by atoms with Gasteiger partial charge in [-0.25, -0.2) is 4.68 Å². The number of aromatic nitrogens is 2. The summed E-state index contributed by atoms with van der Waals surface area (Å²) in [5.74, 6) is 0.659. The van der Waals surface area contributed by atoms with Crippen LogP contribution in [0.2, 0.25) is 0 Å². The first-order valence-electron chi connectivity index (χ1n) is 6.54. The zero-order valence-electron chi connectivity index (χ0n) is 11.0. The first-order chi connectivity index (χ1) is 8.69. The number of benzene rings is 1. The molecule has 1 aromatic heterocycles. The molecule has 0 amide bonds. The summed E-state index contributed by atoms with van der Waals surface area (Å²) < 4.78 is 2.08. The van der Waals surface area contributed by atoms with Crippen LogP contribution in [0.5, 0.6) is 0 Å². The Morgan fingerprint density at radius 1 is 1.22 bits per heavy atom. The van der Waals surface area contributed by atoms with Crippen LogP contribution in [-0.2, 0) is 6.54 Å². The molecule has 0 bridgehead atoms. The molecule has 3 rings (SSSR count). The molecule has 1 aliphatic carbocycles. The highest BCUT2D eigenvalue weighted by molar-refractivity contribution is 5.42. The molecule has 0 saturated heterocycles. The van der Waals surface area contributed by atoms with Crippen LogP contribution >= 0.6 is 0 Å². The van der Waals surface area contributed by atoms with Crippen LogP contribution in [0.3, 0.4) is 0 Å². The molecule has 94 valence electrons. The summed E-state index contributed by atoms with van der Waals surface area (Å²) in [6, 6.07) is 6.56. The summed E-state index contributed by atoms with van der Waals surface area (Å²) in [5, 5.41) is 4.54. The van der Waals surface area contributed by atoms with E-state index in [0.29, 0.717) is 12.5 Å². The maximum Gasteiger partial charge on any atom is 0.0654 e. The Bertz CT molecular complexity index is 559. The van der Waals surface area contributed by atoms with Gasteiger partial charge in [-0.15, -0.1) is 0 Å². The average Bonchev–Trinajstić information content (AvgIpc) is 3.07. The molecule has 3 nitrogen and oxygen atoms in total. The van der Waals surface area contributed by atoms with E-state index in [0.717, 1.165) is 5.69 Å². The molecule has 1 aliphatic rings. The number of aryl methyl sites for hydroxylation is 2. The molecule has 18 heavy (non-hydrogen) atoms. The van der Waals surface area contributed by atoms with E-state index >= 15 is 0 Å². The van der Waals surface area contributed by atoms with Gasteiger partial charge >= 0.3 is 0 Å². The molecule has 1 saturated carbocycles. The van der Waals surface area contributed by atoms with Crippen LogP contribution in [0, 0.1) is 13.8 Å². The fourth-order valence-electron chi connectivity index (χ4n) is 2.62. The molecule has 2 aromatic rings. The first-order valence-corrected chi connectivity index (χ1v) is 6.54. The number of nitrogens with two attached hydrogens (primary N) is 1. The Balaban J connectivity index is 2.13. The van der Waals surface area contributed by atoms with Gasteiger partial charge in [-0.05, 0) is 49.9 Å². The quantitative estimate of drug-likeness (QED) is 0.898. The van der Waals surface area contributed by atoms with E-state index in [-0.39, 0.29) is 0 Å². The van der Waals surface area contributed by atoms with Gasteiger partial charge in [-0.3, -0.25) is 0 Å². The highest BCUT2D eigenvalue weighted by Crippen LogP contribution is 2.42. The van der Waals surface area contributed by atoms with Gasteiger partial charge in [0.25, 0.3) is 0 Å². The van der Waals surface area contributed by atoms with Crippen molar-refractivity contribution in [3.63, 3.8) is 0 Å². The molecular formula is C15H19N3. The predicted octanol–water partition coefficient (Wildman–Crippen LogP) is 2.83. The van der Waals surface area contributed by atoms with E-state index in [1.807, 2.05) is 6.20 Å². The fourth-order valence-corrected chi connectivity index (χ4v) is 2.62. The van der Waals surface area contributed by atoms with Crippen molar-refractivity contribution in [2.75, 3.05) is 0 Å². The van der Waals surface area contributed by atoms with Gasteiger partial charge in [0.05, 0.1) is 17.6 Å². The van der Waals surface area contributed by atoms with E-state index in [1.54, 1.807) is 0 Å². The average molecular weight is 241 g/mol. The van der Waals surface area contributed by atoms with Gasteiger partial charge < -0.3 is 5.73 Å². The molecule has 0 spiro atoms. The van der Waals surface area contributed by atoms with Crippen LogP contribution < -0.4 is 5.73 Å². The van der Waals surface area contributed by atoms with Crippen molar-refractivity contribution in [3.8, 4) is 5.69 Å². The SMILES string of the molecule is Cc1cc(C)cc(-n2ncc(CN)c2C2CC2)c1. The second-order valence-corrected chi connectivity index (χ2v) is 5.29. The zero-order valence-corrected chi connectivity index (χ0v) is 11.0. The van der Waals surface area contributed by atoms with E-state index in [9.17, 15) is 0 Å². The lowest BCUT2D eigenvalue weighted by Crippen LogP contribution is -2.05. The third-order valence-electron chi connectivity index (χ3n) is 3.52. The van der Waals surface area contributed by atoms with E-state index < -0.39 is 0 Å². The van der Waals surface area contributed by atoms with Crippen molar-refractivity contribution in [2.45, 2.75) is 39.2 Å². The fraction of sp³-hybridized carbons (Fsp3) is 0.400. The lowest BCUT2D eigenvalue weighted by Gasteiger charge is -2.10. The third-order valence-corrected chi connectivity index (χ3v) is 3.52. The monoisotopic (exact) mass is 241 g/mol. The largest absolute Gasteiger partial charge is 0.326 e. The summed E-state index contributed by atoms with van der Waals surface area (Å²) in [6.07, 6.45) is 4.46. The van der Waals surface area contributed by atoms with Crippen LogP contribution in [0.4, 0.5) is 0 Å². The molecule has 2 N–H and O–H groups in total. The maximum absolute atomic E-state index is 5.81. The van der Waals surface area contributed by atoms with Crippen molar-refractivity contribution < 1.29 is 0 Å². The number of nitrogens with zero attached hydrogens (tertiary/aromatic N) is 2. The van der Waals surface area contributed by atoms with Gasteiger partial charge in [-0.2, -0.15) is 5.10 Å². The normalized spacial score (nSPS) is 15.1. The Hall–Kier alpha value is -1.61. The minimum atomic E-state index is 0.580. The minimum absolute atomic E-state index is 0.580. The third kappa shape index (κ3) is 1.95. The number of hydrogen-bond acceptors (Lipinski definition) is 2. The second kappa shape index (κ2) is 4.25. The molecule has 1 aromatic carbocycles. The lowest BCUT2D eigenvalue weighted by molar-refractivity contribution is 0.799. The Morgan fingerprint density at radius 3 is 2.44 bits per heavy atom. The van der Waals surface area contributed by atoms with E-state index in [1.165, 1.54) is 35.2 Å². The van der Waals surface area contributed by atoms with Gasteiger partial charge in [0, 0.05) is 18.0 Å². The Morgan fingerprint density at radius 2 is 1.89 bits per heavy atom. The van der Waals surface area contributed by atoms with Gasteiger partial charge in [0.1, 0.15) is 0 Å². The summed E-state index contributed by atoms with van der Waals surface area (Å²) in [7, 11) is 0. The zero-order chi connectivity index (χ0) is 12.7. The summed E-state index contributed by atoms with van der Waals surface area (Å²) in [4.78, 5) is 0. The topological polar surface area (TPSA) is 43.8 Å². The highest BCUT2D eigenvalue weighted by atomic mass is 15.3. The molecule has 1 fully saturated rings. The van der Waals surface area contributed by atoms with Gasteiger partial charge in [0.2, 0.25) is 0 Å². The molecular weight excluding hydrogens is 222 g/mol. The van der Waals surface area contributed by atoms with Crippen molar-refractivity contribution in [2.24, 2.45) is 5.73 Å². The van der Waals surface area contributed by atoms with Crippen LogP contribution in [-0.4, -0.2) is 9.78 Å². The van der Waals surface area contributed by atoms with Crippen molar-refractivity contribution in [1.82, 2.24) is 9.78 Å². The second-order valence-electron chi connectivity index (χ2n) is 5.29. The molecule has 0 unspecified atom stereocenters. The van der Waals surface area contributed by atoms with E-state index in [4.69, 9.17) is 5.73 Å². The number of rotatable bonds is 3. The molecule has 0 atom stereocenters. The van der Waals surface area contributed by atoms with Gasteiger partial charge in [0.15, 0.2) is 0 Å². The first kappa shape index (κ1) is 11.5. The Labute approximate surface area is 108 Å². The summed E-state index contributed by atoms with van der Waals surface area (Å²) >= 11 is 0. The summed E-state index contributed by atoms with van der Waals surface area (Å²) in [5.41, 5.74) is 12.0.